The second-order valence-corrected chi connectivity index (χ2v) is 7.56. The third-order valence-electron chi connectivity index (χ3n) is 6.44. The Balaban J connectivity index is 1.63. The van der Waals surface area contributed by atoms with Crippen LogP contribution in [0.4, 0.5) is 0 Å². The highest BCUT2D eigenvalue weighted by atomic mass is 16.5. The molecule has 1 aliphatic carbocycles. The topological polar surface area (TPSA) is 30.5 Å². The molecule has 4 atom stereocenters. The van der Waals surface area contributed by atoms with E-state index in [0.29, 0.717) is 6.04 Å². The van der Waals surface area contributed by atoms with E-state index in [1.54, 1.807) is 0 Å². The summed E-state index contributed by atoms with van der Waals surface area (Å²) in [6.07, 6.45) is 10.4. The Kier molecular flexibility index (Phi) is 5.23. The van der Waals surface area contributed by atoms with Gasteiger partial charge in [0, 0.05) is 25.9 Å². The van der Waals surface area contributed by atoms with E-state index in [1.807, 2.05) is 0 Å². The fourth-order valence-corrected chi connectivity index (χ4v) is 5.13. The minimum absolute atomic E-state index is 0.138. The van der Waals surface area contributed by atoms with E-state index in [4.69, 9.17) is 9.47 Å². The van der Waals surface area contributed by atoms with Crippen LogP contribution in [0, 0.1) is 17.8 Å². The zero-order chi connectivity index (χ0) is 14.7. The molecule has 0 radical (unpaired) electrons. The first-order valence-electron chi connectivity index (χ1n) is 9.15. The summed E-state index contributed by atoms with van der Waals surface area (Å²) in [5, 5.41) is 3.69. The standard InChI is InChI=1S/C18H33NO2/c1-3-14-4-5-15(12-14)17(19-2)16-6-9-21-18(13-16)7-10-20-11-8-18/h14-17,19H,3-13H2,1-2H3. The van der Waals surface area contributed by atoms with Crippen molar-refractivity contribution in [3.8, 4) is 0 Å². The molecule has 0 bridgehead atoms. The van der Waals surface area contributed by atoms with E-state index in [2.05, 4.69) is 19.3 Å². The van der Waals surface area contributed by atoms with Crippen LogP contribution in [0.25, 0.3) is 0 Å². The van der Waals surface area contributed by atoms with E-state index in [1.165, 1.54) is 38.5 Å². The van der Waals surface area contributed by atoms with Gasteiger partial charge in [-0.25, -0.2) is 0 Å². The zero-order valence-corrected chi connectivity index (χ0v) is 13.9. The lowest BCUT2D eigenvalue weighted by molar-refractivity contribution is -0.151. The number of rotatable bonds is 4. The molecular formula is C18H33NO2. The Morgan fingerprint density at radius 2 is 1.90 bits per heavy atom. The fraction of sp³-hybridized carbons (Fsp3) is 1.00. The van der Waals surface area contributed by atoms with Gasteiger partial charge < -0.3 is 14.8 Å². The Hall–Kier alpha value is -0.120. The molecule has 1 N–H and O–H groups in total. The molecule has 122 valence electrons. The van der Waals surface area contributed by atoms with Crippen molar-refractivity contribution in [2.75, 3.05) is 26.9 Å². The van der Waals surface area contributed by atoms with Crippen LogP contribution in [0.2, 0.25) is 0 Å². The molecule has 2 heterocycles. The highest BCUT2D eigenvalue weighted by Gasteiger charge is 2.43. The van der Waals surface area contributed by atoms with Gasteiger partial charge in [-0.05, 0) is 63.3 Å². The molecule has 3 rings (SSSR count). The SMILES string of the molecule is CCC1CCC(C(NC)C2CCOC3(CCOCC3)C2)C1. The van der Waals surface area contributed by atoms with Gasteiger partial charge in [0.2, 0.25) is 0 Å². The molecule has 21 heavy (non-hydrogen) atoms. The highest BCUT2D eigenvalue weighted by molar-refractivity contribution is 4.95. The molecule has 4 unspecified atom stereocenters. The third kappa shape index (κ3) is 3.46. The van der Waals surface area contributed by atoms with Gasteiger partial charge in [-0.15, -0.1) is 0 Å². The summed E-state index contributed by atoms with van der Waals surface area (Å²) in [5.74, 6) is 2.66. The van der Waals surface area contributed by atoms with E-state index >= 15 is 0 Å². The normalized spacial score (nSPS) is 37.7. The maximum Gasteiger partial charge on any atom is 0.0729 e. The molecule has 3 fully saturated rings. The van der Waals surface area contributed by atoms with Crippen molar-refractivity contribution >= 4 is 0 Å². The molecule has 3 heteroatoms. The van der Waals surface area contributed by atoms with Gasteiger partial charge in [-0.1, -0.05) is 19.8 Å². The Morgan fingerprint density at radius 1 is 1.10 bits per heavy atom. The van der Waals surface area contributed by atoms with Gasteiger partial charge in [0.05, 0.1) is 5.60 Å². The molecule has 0 aromatic rings. The summed E-state index contributed by atoms with van der Waals surface area (Å²) in [6.45, 7) is 5.08. The average molecular weight is 295 g/mol. The number of nitrogens with one attached hydrogen (secondary N) is 1. The number of hydrogen-bond donors (Lipinski definition) is 1. The van der Waals surface area contributed by atoms with Crippen molar-refractivity contribution in [3.05, 3.63) is 0 Å². The predicted molar refractivity (Wildman–Crippen MR) is 85.4 cm³/mol. The molecular weight excluding hydrogens is 262 g/mol. The summed E-state index contributed by atoms with van der Waals surface area (Å²) in [6, 6.07) is 0.699. The molecule has 1 spiro atoms. The first kappa shape index (κ1) is 15.8. The lowest BCUT2D eigenvalue weighted by atomic mass is 9.74. The van der Waals surface area contributed by atoms with Crippen LogP contribution in [-0.4, -0.2) is 38.5 Å². The fourth-order valence-electron chi connectivity index (χ4n) is 5.13. The van der Waals surface area contributed by atoms with Crippen molar-refractivity contribution in [2.24, 2.45) is 17.8 Å². The first-order chi connectivity index (χ1) is 10.3. The van der Waals surface area contributed by atoms with Crippen molar-refractivity contribution in [2.45, 2.75) is 69.9 Å². The Labute approximate surface area is 130 Å². The van der Waals surface area contributed by atoms with Crippen molar-refractivity contribution in [1.82, 2.24) is 5.32 Å². The molecule has 1 saturated carbocycles. The summed E-state index contributed by atoms with van der Waals surface area (Å²) in [5.41, 5.74) is 0.138. The quantitative estimate of drug-likeness (QED) is 0.862. The molecule has 2 saturated heterocycles. The van der Waals surface area contributed by atoms with Crippen LogP contribution < -0.4 is 5.32 Å². The van der Waals surface area contributed by atoms with Gasteiger partial charge in [0.25, 0.3) is 0 Å². The lowest BCUT2D eigenvalue weighted by Gasteiger charge is -2.46. The maximum absolute atomic E-state index is 6.23. The highest BCUT2D eigenvalue weighted by Crippen LogP contribution is 2.43. The monoisotopic (exact) mass is 295 g/mol. The Bertz CT molecular complexity index is 322. The number of ether oxygens (including phenoxy) is 2. The van der Waals surface area contributed by atoms with Crippen LogP contribution in [0.3, 0.4) is 0 Å². The van der Waals surface area contributed by atoms with E-state index < -0.39 is 0 Å². The maximum atomic E-state index is 6.23. The summed E-state index contributed by atoms with van der Waals surface area (Å²) in [7, 11) is 2.18. The summed E-state index contributed by atoms with van der Waals surface area (Å²) in [4.78, 5) is 0. The Morgan fingerprint density at radius 3 is 2.57 bits per heavy atom. The van der Waals surface area contributed by atoms with Crippen LogP contribution in [-0.2, 0) is 9.47 Å². The second kappa shape index (κ2) is 6.97. The van der Waals surface area contributed by atoms with E-state index in [9.17, 15) is 0 Å². The van der Waals surface area contributed by atoms with Crippen molar-refractivity contribution < 1.29 is 9.47 Å². The molecule has 3 aliphatic rings. The van der Waals surface area contributed by atoms with Gasteiger partial charge in [0.1, 0.15) is 0 Å². The van der Waals surface area contributed by atoms with Gasteiger partial charge in [-0.2, -0.15) is 0 Å². The second-order valence-electron chi connectivity index (χ2n) is 7.56. The van der Waals surface area contributed by atoms with Crippen LogP contribution >= 0.6 is 0 Å². The molecule has 0 amide bonds. The lowest BCUT2D eigenvalue weighted by Crippen LogP contribution is -2.50. The molecule has 0 aromatic carbocycles. The smallest absolute Gasteiger partial charge is 0.0729 e. The average Bonchev–Trinajstić information content (AvgIpc) is 2.98. The first-order valence-corrected chi connectivity index (χ1v) is 9.15. The predicted octanol–water partition coefficient (Wildman–Crippen LogP) is 3.38. The van der Waals surface area contributed by atoms with Crippen molar-refractivity contribution in [3.63, 3.8) is 0 Å². The van der Waals surface area contributed by atoms with Crippen molar-refractivity contribution in [1.29, 1.82) is 0 Å². The van der Waals surface area contributed by atoms with Gasteiger partial charge >= 0.3 is 0 Å². The summed E-state index contributed by atoms with van der Waals surface area (Å²) < 4.78 is 11.8. The molecule has 0 aromatic heterocycles. The molecule has 3 nitrogen and oxygen atoms in total. The largest absolute Gasteiger partial charge is 0.381 e. The van der Waals surface area contributed by atoms with Crippen LogP contribution in [0.15, 0.2) is 0 Å². The van der Waals surface area contributed by atoms with Gasteiger partial charge in [0.15, 0.2) is 0 Å². The van der Waals surface area contributed by atoms with Crippen LogP contribution in [0.5, 0.6) is 0 Å². The van der Waals surface area contributed by atoms with E-state index in [-0.39, 0.29) is 5.60 Å². The van der Waals surface area contributed by atoms with Crippen LogP contribution in [0.1, 0.15) is 58.3 Å². The minimum atomic E-state index is 0.138. The summed E-state index contributed by atoms with van der Waals surface area (Å²) >= 11 is 0. The van der Waals surface area contributed by atoms with E-state index in [0.717, 1.165) is 50.4 Å². The minimum Gasteiger partial charge on any atom is -0.381 e. The third-order valence-corrected chi connectivity index (χ3v) is 6.44. The number of hydrogen-bond acceptors (Lipinski definition) is 3. The van der Waals surface area contributed by atoms with Gasteiger partial charge in [-0.3, -0.25) is 0 Å². The zero-order valence-electron chi connectivity index (χ0n) is 13.9. The molecule has 2 aliphatic heterocycles.